The molecule has 2 atom stereocenters. The van der Waals surface area contributed by atoms with Crippen molar-refractivity contribution in [3.8, 4) is 0 Å². The van der Waals surface area contributed by atoms with Crippen molar-refractivity contribution in [3.05, 3.63) is 35.1 Å². The molecule has 0 saturated carbocycles. The molecule has 0 bridgehead atoms. The van der Waals surface area contributed by atoms with E-state index in [-0.39, 0.29) is 5.82 Å². The van der Waals surface area contributed by atoms with Crippen LogP contribution in [0.1, 0.15) is 25.0 Å². The Kier molecular flexibility index (Phi) is 6.30. The molecule has 0 aliphatic carbocycles. The van der Waals surface area contributed by atoms with Gasteiger partial charge in [0, 0.05) is 19.7 Å². The highest BCUT2D eigenvalue weighted by Gasteiger charge is 2.13. The molecule has 0 fully saturated rings. The molecule has 1 aromatic carbocycles. The zero-order valence-corrected chi connectivity index (χ0v) is 11.8. The third-order valence-corrected chi connectivity index (χ3v) is 3.48. The summed E-state index contributed by atoms with van der Waals surface area (Å²) in [6, 6.07) is 5.40. The maximum atomic E-state index is 13.2. The van der Waals surface area contributed by atoms with Crippen LogP contribution >= 0.6 is 0 Å². The van der Waals surface area contributed by atoms with E-state index in [1.165, 1.54) is 6.07 Å². The van der Waals surface area contributed by atoms with Gasteiger partial charge in [-0.3, -0.25) is 0 Å². The monoisotopic (exact) mass is 253 g/mol. The predicted octanol–water partition coefficient (Wildman–Crippen LogP) is 2.94. The van der Waals surface area contributed by atoms with Gasteiger partial charge in [-0.1, -0.05) is 13.0 Å². The fourth-order valence-electron chi connectivity index (χ4n) is 1.97. The third-order valence-electron chi connectivity index (χ3n) is 3.48. The van der Waals surface area contributed by atoms with Crippen LogP contribution in [0.15, 0.2) is 18.2 Å². The Balaban J connectivity index is 2.52. The Bertz CT molecular complexity index is 368. The number of aryl methyl sites for hydroxylation is 1. The molecule has 18 heavy (non-hydrogen) atoms. The van der Waals surface area contributed by atoms with Crippen LogP contribution in [0.4, 0.5) is 4.39 Å². The molecule has 0 aliphatic heterocycles. The van der Waals surface area contributed by atoms with Gasteiger partial charge >= 0.3 is 0 Å². The molecule has 0 aliphatic rings. The van der Waals surface area contributed by atoms with Gasteiger partial charge in [-0.15, -0.1) is 0 Å². The fourth-order valence-corrected chi connectivity index (χ4v) is 1.97. The largest absolute Gasteiger partial charge is 0.383 e. The SMILES string of the molecule is COCCNC(C)C(C)Cc1cc(F)ccc1C. The normalized spacial score (nSPS) is 14.5. The summed E-state index contributed by atoms with van der Waals surface area (Å²) in [7, 11) is 1.70. The predicted molar refractivity (Wildman–Crippen MR) is 73.3 cm³/mol. The van der Waals surface area contributed by atoms with E-state index in [2.05, 4.69) is 19.2 Å². The third kappa shape index (κ3) is 4.75. The summed E-state index contributed by atoms with van der Waals surface area (Å²) in [6.45, 7) is 7.95. The highest BCUT2D eigenvalue weighted by molar-refractivity contribution is 5.27. The highest BCUT2D eigenvalue weighted by Crippen LogP contribution is 2.17. The fraction of sp³-hybridized carbons (Fsp3) is 0.600. The number of nitrogens with one attached hydrogen (secondary N) is 1. The van der Waals surface area contributed by atoms with Gasteiger partial charge in [-0.05, 0) is 49.4 Å². The lowest BCUT2D eigenvalue weighted by molar-refractivity contribution is 0.192. The van der Waals surface area contributed by atoms with Crippen molar-refractivity contribution in [1.29, 1.82) is 0 Å². The number of rotatable bonds is 7. The Labute approximate surface area is 110 Å². The first-order chi connectivity index (χ1) is 8.54. The molecular formula is C15H24FNO. The number of hydrogen-bond donors (Lipinski definition) is 1. The Morgan fingerprint density at radius 3 is 2.72 bits per heavy atom. The summed E-state index contributed by atoms with van der Waals surface area (Å²) in [6.07, 6.45) is 0.894. The average molecular weight is 253 g/mol. The zero-order chi connectivity index (χ0) is 13.5. The molecule has 1 rings (SSSR count). The van der Waals surface area contributed by atoms with Gasteiger partial charge in [0.15, 0.2) is 0 Å². The minimum Gasteiger partial charge on any atom is -0.383 e. The molecular weight excluding hydrogens is 229 g/mol. The number of hydrogen-bond acceptors (Lipinski definition) is 2. The van der Waals surface area contributed by atoms with Gasteiger partial charge in [0.25, 0.3) is 0 Å². The molecule has 0 amide bonds. The smallest absolute Gasteiger partial charge is 0.123 e. The second-order valence-corrected chi connectivity index (χ2v) is 4.99. The molecule has 0 heterocycles. The number of ether oxygens (including phenoxy) is 1. The Morgan fingerprint density at radius 1 is 1.33 bits per heavy atom. The van der Waals surface area contributed by atoms with E-state index in [0.717, 1.165) is 30.7 Å². The van der Waals surface area contributed by atoms with Crippen molar-refractivity contribution in [3.63, 3.8) is 0 Å². The van der Waals surface area contributed by atoms with E-state index in [1.807, 2.05) is 13.0 Å². The summed E-state index contributed by atoms with van der Waals surface area (Å²) in [5.41, 5.74) is 2.26. The molecule has 3 heteroatoms. The summed E-state index contributed by atoms with van der Waals surface area (Å²) in [4.78, 5) is 0. The van der Waals surface area contributed by atoms with Gasteiger partial charge in [0.05, 0.1) is 6.61 Å². The van der Waals surface area contributed by atoms with E-state index in [4.69, 9.17) is 4.74 Å². The second-order valence-electron chi connectivity index (χ2n) is 4.99. The van der Waals surface area contributed by atoms with Crippen molar-refractivity contribution in [2.45, 2.75) is 33.2 Å². The first-order valence-corrected chi connectivity index (χ1v) is 6.52. The Morgan fingerprint density at radius 2 is 2.06 bits per heavy atom. The van der Waals surface area contributed by atoms with Gasteiger partial charge in [-0.25, -0.2) is 4.39 Å². The van der Waals surface area contributed by atoms with Crippen molar-refractivity contribution >= 4 is 0 Å². The minimum absolute atomic E-state index is 0.150. The minimum atomic E-state index is -0.150. The van der Waals surface area contributed by atoms with Crippen molar-refractivity contribution in [2.24, 2.45) is 5.92 Å². The molecule has 0 radical (unpaired) electrons. The van der Waals surface area contributed by atoms with Crippen LogP contribution in [0.25, 0.3) is 0 Å². The van der Waals surface area contributed by atoms with Crippen molar-refractivity contribution in [1.82, 2.24) is 5.32 Å². The molecule has 2 nitrogen and oxygen atoms in total. The van der Waals surface area contributed by atoms with Crippen LogP contribution in [-0.4, -0.2) is 26.3 Å². The Hall–Kier alpha value is -0.930. The molecule has 1 aromatic rings. The lowest BCUT2D eigenvalue weighted by Gasteiger charge is -2.22. The molecule has 2 unspecified atom stereocenters. The van der Waals surface area contributed by atoms with E-state index in [0.29, 0.717) is 12.0 Å². The summed E-state index contributed by atoms with van der Waals surface area (Å²) >= 11 is 0. The molecule has 102 valence electrons. The second kappa shape index (κ2) is 7.49. The van der Waals surface area contributed by atoms with E-state index < -0.39 is 0 Å². The van der Waals surface area contributed by atoms with E-state index in [1.54, 1.807) is 13.2 Å². The van der Waals surface area contributed by atoms with Crippen LogP contribution in [0.2, 0.25) is 0 Å². The number of halogens is 1. The lowest BCUT2D eigenvalue weighted by Crippen LogP contribution is -2.35. The van der Waals surface area contributed by atoms with Gasteiger partial charge in [0.1, 0.15) is 5.82 Å². The van der Waals surface area contributed by atoms with Crippen LogP contribution < -0.4 is 5.32 Å². The highest BCUT2D eigenvalue weighted by atomic mass is 19.1. The maximum Gasteiger partial charge on any atom is 0.123 e. The quantitative estimate of drug-likeness (QED) is 0.754. The number of benzene rings is 1. The number of methoxy groups -OCH3 is 1. The topological polar surface area (TPSA) is 21.3 Å². The van der Waals surface area contributed by atoms with E-state index in [9.17, 15) is 4.39 Å². The average Bonchev–Trinajstić information content (AvgIpc) is 2.34. The molecule has 0 saturated heterocycles. The maximum absolute atomic E-state index is 13.2. The molecule has 0 spiro atoms. The van der Waals surface area contributed by atoms with Crippen molar-refractivity contribution in [2.75, 3.05) is 20.3 Å². The first-order valence-electron chi connectivity index (χ1n) is 6.52. The standard InChI is InChI=1S/C15H24FNO/c1-11-5-6-15(16)10-14(11)9-12(2)13(3)17-7-8-18-4/h5-6,10,12-13,17H,7-9H2,1-4H3. The van der Waals surface area contributed by atoms with Gasteiger partial charge in [-0.2, -0.15) is 0 Å². The lowest BCUT2D eigenvalue weighted by atomic mass is 9.92. The van der Waals surface area contributed by atoms with Crippen LogP contribution in [0.5, 0.6) is 0 Å². The summed E-state index contributed by atoms with van der Waals surface area (Å²) in [5, 5.41) is 3.42. The molecule has 1 N–H and O–H groups in total. The molecule has 0 aromatic heterocycles. The zero-order valence-electron chi connectivity index (χ0n) is 11.8. The van der Waals surface area contributed by atoms with Crippen LogP contribution in [0.3, 0.4) is 0 Å². The van der Waals surface area contributed by atoms with Gasteiger partial charge in [0.2, 0.25) is 0 Å². The van der Waals surface area contributed by atoms with Crippen LogP contribution in [-0.2, 0) is 11.2 Å². The van der Waals surface area contributed by atoms with Crippen molar-refractivity contribution < 1.29 is 9.13 Å². The van der Waals surface area contributed by atoms with Gasteiger partial charge < -0.3 is 10.1 Å². The van der Waals surface area contributed by atoms with E-state index >= 15 is 0 Å². The van der Waals surface area contributed by atoms with Crippen LogP contribution in [0, 0.1) is 18.7 Å². The summed E-state index contributed by atoms with van der Waals surface area (Å²) < 4.78 is 18.2. The first kappa shape index (κ1) is 15.1. The summed E-state index contributed by atoms with van der Waals surface area (Å²) in [5.74, 6) is 0.310.